The minimum Gasteiger partial charge on any atom is -0.273 e. The number of aryl methyl sites for hydroxylation is 1. The zero-order chi connectivity index (χ0) is 24.0. The van der Waals surface area contributed by atoms with Crippen LogP contribution in [0.15, 0.2) is 115 Å². The van der Waals surface area contributed by atoms with Crippen LogP contribution in [0.25, 0.3) is 0 Å². The van der Waals surface area contributed by atoms with Crippen LogP contribution in [0.1, 0.15) is 22.7 Å². The van der Waals surface area contributed by atoms with Crippen LogP contribution in [0.5, 0.6) is 0 Å². The van der Waals surface area contributed by atoms with Crippen LogP contribution >= 0.6 is 0 Å². The van der Waals surface area contributed by atoms with Crippen LogP contribution in [0, 0.1) is 6.92 Å². The molecule has 2 aliphatic heterocycles. The molecule has 0 aliphatic carbocycles. The second-order valence-corrected chi connectivity index (χ2v) is 9.01. The number of para-hydroxylation sites is 1. The second kappa shape index (κ2) is 8.22. The van der Waals surface area contributed by atoms with Gasteiger partial charge in [-0.05, 0) is 42.3 Å². The summed E-state index contributed by atoms with van der Waals surface area (Å²) < 4.78 is 0. The van der Waals surface area contributed by atoms with Crippen molar-refractivity contribution in [2.24, 2.45) is 0 Å². The molecule has 0 spiro atoms. The Bertz CT molecular complexity index is 1370. The summed E-state index contributed by atoms with van der Waals surface area (Å²) in [5.74, 6) is -0.642. The number of amides is 2. The molecule has 2 amide bonds. The van der Waals surface area contributed by atoms with Crippen molar-refractivity contribution >= 4 is 23.2 Å². The first-order chi connectivity index (χ1) is 17.1. The third-order valence-electron chi connectivity index (χ3n) is 6.97. The van der Waals surface area contributed by atoms with E-state index in [1.54, 1.807) is 5.06 Å². The van der Waals surface area contributed by atoms with Crippen LogP contribution in [-0.2, 0) is 19.8 Å². The Hall–Kier alpha value is -4.22. The summed E-state index contributed by atoms with van der Waals surface area (Å²) in [6, 6.07) is 35.9. The first-order valence-corrected chi connectivity index (χ1v) is 11.7. The van der Waals surface area contributed by atoms with Gasteiger partial charge in [-0.2, -0.15) is 0 Å². The molecule has 172 valence electrons. The normalized spacial score (nSPS) is 23.6. The lowest BCUT2D eigenvalue weighted by atomic mass is 9.69. The molecule has 0 aromatic heterocycles. The molecule has 5 heteroatoms. The number of imide groups is 1. The van der Waals surface area contributed by atoms with Crippen molar-refractivity contribution in [2.45, 2.75) is 24.5 Å². The van der Waals surface area contributed by atoms with Gasteiger partial charge in [0.2, 0.25) is 5.91 Å². The highest BCUT2D eigenvalue weighted by molar-refractivity contribution is 6.28. The zero-order valence-electron chi connectivity index (χ0n) is 19.2. The highest BCUT2D eigenvalue weighted by Crippen LogP contribution is 2.57. The van der Waals surface area contributed by atoms with Crippen molar-refractivity contribution in [3.8, 4) is 0 Å². The number of carbonyl (C=O) groups excluding carboxylic acids is 2. The summed E-state index contributed by atoms with van der Waals surface area (Å²) in [7, 11) is 0. The van der Waals surface area contributed by atoms with E-state index < -0.39 is 17.6 Å². The first-order valence-electron chi connectivity index (χ1n) is 11.7. The monoisotopic (exact) mass is 460 g/mol. The van der Waals surface area contributed by atoms with Gasteiger partial charge in [0.25, 0.3) is 5.91 Å². The molecule has 2 saturated heterocycles. The number of hydrogen-bond donors (Lipinski definition) is 0. The Balaban J connectivity index is 1.61. The molecular formula is C30H24N2O3. The van der Waals surface area contributed by atoms with Gasteiger partial charge in [0.05, 0.1) is 11.4 Å². The molecule has 4 aromatic rings. The number of nitrogens with zero attached hydrogens (tertiary/aromatic N) is 2. The molecular weight excluding hydrogens is 436 g/mol. The van der Waals surface area contributed by atoms with Crippen molar-refractivity contribution in [3.63, 3.8) is 0 Å². The zero-order valence-corrected chi connectivity index (χ0v) is 19.2. The fraction of sp³-hybridized carbons (Fsp3) is 0.133. The van der Waals surface area contributed by atoms with Crippen LogP contribution in [-0.4, -0.2) is 17.9 Å². The molecule has 0 saturated carbocycles. The SMILES string of the molecule is Cc1ccc(N2C(=O)[C@@H]3ON(c4ccccc4)[C@H](c4ccccc4)[C@@]3(c3ccccc3)C2=O)cc1. The number of hydroxylamine groups is 1. The minimum absolute atomic E-state index is 0.283. The lowest BCUT2D eigenvalue weighted by Crippen LogP contribution is -2.46. The molecule has 3 atom stereocenters. The number of carbonyl (C=O) groups is 2. The van der Waals surface area contributed by atoms with Crippen LogP contribution in [0.4, 0.5) is 11.4 Å². The lowest BCUT2D eigenvalue weighted by molar-refractivity contribution is -0.126. The summed E-state index contributed by atoms with van der Waals surface area (Å²) in [6.45, 7) is 1.98. The molecule has 0 N–H and O–H groups in total. The Morgan fingerprint density at radius 1 is 0.686 bits per heavy atom. The molecule has 4 aromatic carbocycles. The van der Waals surface area contributed by atoms with Gasteiger partial charge in [0.15, 0.2) is 6.10 Å². The number of fused-ring (bicyclic) bond motifs is 1. The summed E-state index contributed by atoms with van der Waals surface area (Å²) in [6.07, 6.45) is -1.01. The highest BCUT2D eigenvalue weighted by atomic mass is 16.7. The van der Waals surface area contributed by atoms with E-state index in [0.717, 1.165) is 22.4 Å². The van der Waals surface area contributed by atoms with Gasteiger partial charge in [-0.3, -0.25) is 14.4 Å². The number of rotatable bonds is 4. The van der Waals surface area contributed by atoms with E-state index in [0.29, 0.717) is 5.69 Å². The maximum absolute atomic E-state index is 14.6. The molecule has 0 bridgehead atoms. The third kappa shape index (κ3) is 3.12. The smallest absolute Gasteiger partial charge is 0.267 e. The van der Waals surface area contributed by atoms with Crippen molar-refractivity contribution < 1.29 is 14.4 Å². The largest absolute Gasteiger partial charge is 0.273 e. The van der Waals surface area contributed by atoms with Crippen molar-refractivity contribution in [1.29, 1.82) is 0 Å². The predicted octanol–water partition coefficient (Wildman–Crippen LogP) is 5.37. The van der Waals surface area contributed by atoms with Gasteiger partial charge < -0.3 is 0 Å². The van der Waals surface area contributed by atoms with Crippen LogP contribution < -0.4 is 9.96 Å². The Morgan fingerprint density at radius 3 is 1.89 bits per heavy atom. The third-order valence-corrected chi connectivity index (χ3v) is 6.97. The molecule has 6 rings (SSSR count). The van der Waals surface area contributed by atoms with Crippen LogP contribution in [0.3, 0.4) is 0 Å². The van der Waals surface area contributed by atoms with Gasteiger partial charge in [-0.1, -0.05) is 96.6 Å². The van der Waals surface area contributed by atoms with E-state index in [1.165, 1.54) is 4.90 Å². The fourth-order valence-corrected chi connectivity index (χ4v) is 5.36. The Morgan fingerprint density at radius 2 is 1.26 bits per heavy atom. The van der Waals surface area contributed by atoms with Gasteiger partial charge in [-0.25, -0.2) is 9.96 Å². The molecule has 2 heterocycles. The average Bonchev–Trinajstić information content (AvgIpc) is 3.38. The van der Waals surface area contributed by atoms with E-state index in [2.05, 4.69) is 0 Å². The Kier molecular flexibility index (Phi) is 5.01. The van der Waals surface area contributed by atoms with E-state index in [1.807, 2.05) is 122 Å². The topological polar surface area (TPSA) is 49.9 Å². The lowest BCUT2D eigenvalue weighted by Gasteiger charge is -2.35. The second-order valence-electron chi connectivity index (χ2n) is 9.01. The van der Waals surface area contributed by atoms with Gasteiger partial charge in [0, 0.05) is 0 Å². The molecule has 2 fully saturated rings. The van der Waals surface area contributed by atoms with E-state index in [-0.39, 0.29) is 11.8 Å². The average molecular weight is 461 g/mol. The summed E-state index contributed by atoms with van der Waals surface area (Å²) in [4.78, 5) is 36.3. The molecule has 0 radical (unpaired) electrons. The van der Waals surface area contributed by atoms with E-state index in [9.17, 15) is 9.59 Å². The highest BCUT2D eigenvalue weighted by Gasteiger charge is 2.72. The van der Waals surface area contributed by atoms with Gasteiger partial charge in [-0.15, -0.1) is 0 Å². The number of hydrogen-bond acceptors (Lipinski definition) is 4. The minimum atomic E-state index is -1.26. The predicted molar refractivity (Wildman–Crippen MR) is 135 cm³/mol. The molecule has 2 aliphatic rings. The standard InChI is InChI=1S/C30H24N2O3/c1-21-17-19-24(20-18-21)31-28(33)27-30(29(31)34,23-13-7-3-8-14-23)26(22-11-5-2-6-12-22)32(35-27)25-15-9-4-10-16-25/h2-20,26-27H,1H3/t26-,27+,30-/m1/s1. The Labute approximate surface area is 204 Å². The van der Waals surface area contributed by atoms with Gasteiger partial charge in [0.1, 0.15) is 11.5 Å². The fourth-order valence-electron chi connectivity index (χ4n) is 5.36. The van der Waals surface area contributed by atoms with Crippen molar-refractivity contribution in [1.82, 2.24) is 0 Å². The van der Waals surface area contributed by atoms with Crippen molar-refractivity contribution in [2.75, 3.05) is 9.96 Å². The summed E-state index contributed by atoms with van der Waals surface area (Å²) in [5, 5.41) is 1.75. The van der Waals surface area contributed by atoms with Crippen LogP contribution in [0.2, 0.25) is 0 Å². The van der Waals surface area contributed by atoms with Crippen molar-refractivity contribution in [3.05, 3.63) is 132 Å². The number of anilines is 2. The first kappa shape index (κ1) is 21.3. The quantitative estimate of drug-likeness (QED) is 0.384. The molecule has 35 heavy (non-hydrogen) atoms. The molecule has 5 nitrogen and oxygen atoms in total. The van der Waals surface area contributed by atoms with Gasteiger partial charge >= 0.3 is 0 Å². The maximum Gasteiger partial charge on any atom is 0.267 e. The van der Waals surface area contributed by atoms with E-state index >= 15 is 0 Å². The summed E-state index contributed by atoms with van der Waals surface area (Å²) >= 11 is 0. The summed E-state index contributed by atoms with van der Waals surface area (Å²) in [5.41, 5.74) is 2.78. The number of benzene rings is 4. The molecule has 0 unspecified atom stereocenters. The van der Waals surface area contributed by atoms with E-state index in [4.69, 9.17) is 4.84 Å². The maximum atomic E-state index is 14.6.